The summed E-state index contributed by atoms with van der Waals surface area (Å²) in [5.41, 5.74) is 3.57. The second kappa shape index (κ2) is 7.46. The third kappa shape index (κ3) is 3.92. The van der Waals surface area contributed by atoms with E-state index in [1.807, 2.05) is 24.3 Å². The summed E-state index contributed by atoms with van der Waals surface area (Å²) in [6.45, 7) is 8.26. The number of nitrogens with zero attached hydrogens (tertiary/aromatic N) is 3. The average Bonchev–Trinajstić information content (AvgIpc) is 3.06. The zero-order chi connectivity index (χ0) is 19.9. The first-order valence-corrected chi connectivity index (χ1v) is 12.3. The van der Waals surface area contributed by atoms with Crippen LogP contribution in [0.5, 0.6) is 0 Å². The third-order valence-electron chi connectivity index (χ3n) is 5.51. The van der Waals surface area contributed by atoms with E-state index >= 15 is 0 Å². The minimum atomic E-state index is -2.65. The number of benzene rings is 2. The molecule has 1 N–H and O–H groups in total. The summed E-state index contributed by atoms with van der Waals surface area (Å²) in [5.74, 6) is 0. The third-order valence-corrected chi connectivity index (χ3v) is 7.64. The molecule has 7 heteroatoms. The van der Waals surface area contributed by atoms with Crippen LogP contribution in [0.15, 0.2) is 47.4 Å². The van der Waals surface area contributed by atoms with Crippen LogP contribution in [0, 0.1) is 11.7 Å². The van der Waals surface area contributed by atoms with Gasteiger partial charge in [0.15, 0.2) is 0 Å². The number of aromatic nitrogens is 1. The van der Waals surface area contributed by atoms with Gasteiger partial charge in [0.25, 0.3) is 0 Å². The van der Waals surface area contributed by atoms with E-state index in [2.05, 4.69) is 46.8 Å². The van der Waals surface area contributed by atoms with Crippen LogP contribution in [0.3, 0.4) is 0 Å². The number of aryl methyl sites for hydroxylation is 1. The van der Waals surface area contributed by atoms with Gasteiger partial charge in [-0.2, -0.15) is 0 Å². The number of fused-ring (bicyclic) bond motifs is 1. The maximum Gasteiger partial charge on any atom is 0.0907 e. The highest BCUT2D eigenvalue weighted by Gasteiger charge is 2.23. The summed E-state index contributed by atoms with van der Waals surface area (Å²) >= 11 is 1.75. The van der Waals surface area contributed by atoms with Gasteiger partial charge in [0, 0.05) is 49.1 Å². The molecule has 2 atom stereocenters. The van der Waals surface area contributed by atoms with Crippen LogP contribution >= 0.6 is 11.3 Å². The van der Waals surface area contributed by atoms with Crippen LogP contribution in [0.1, 0.15) is 23.5 Å². The van der Waals surface area contributed by atoms with E-state index < -0.39 is 9.73 Å². The average molecular weight is 415 g/mol. The van der Waals surface area contributed by atoms with Gasteiger partial charge in [-0.1, -0.05) is 6.07 Å². The fourth-order valence-corrected chi connectivity index (χ4v) is 5.28. The van der Waals surface area contributed by atoms with Crippen molar-refractivity contribution >= 4 is 37.0 Å². The van der Waals surface area contributed by atoms with Crippen molar-refractivity contribution in [2.24, 2.45) is 0 Å². The smallest absolute Gasteiger partial charge is 0.0907 e. The fraction of sp³-hybridized carbons (Fsp3) is 0.381. The molecule has 148 valence electrons. The Labute approximate surface area is 171 Å². The maximum absolute atomic E-state index is 11.9. The number of hydrogen-bond acceptors (Lipinski definition) is 6. The highest BCUT2D eigenvalue weighted by molar-refractivity contribution is 7.91. The van der Waals surface area contributed by atoms with E-state index in [1.165, 1.54) is 16.5 Å². The maximum atomic E-state index is 11.9. The van der Waals surface area contributed by atoms with Crippen LogP contribution < -0.4 is 4.90 Å². The Hall–Kier alpha value is -1.96. The predicted octanol–water partition coefficient (Wildman–Crippen LogP) is 4.52. The Balaban J connectivity index is 1.42. The molecule has 0 radical (unpaired) electrons. The molecule has 3 aromatic rings. The molecule has 1 saturated heterocycles. The van der Waals surface area contributed by atoms with Gasteiger partial charge in [-0.25, -0.2) is 14.0 Å². The van der Waals surface area contributed by atoms with E-state index in [1.54, 1.807) is 11.3 Å². The molecule has 0 amide bonds. The monoisotopic (exact) mass is 414 g/mol. The molecule has 0 aliphatic carbocycles. The molecule has 0 bridgehead atoms. The molecule has 1 aromatic heterocycles. The van der Waals surface area contributed by atoms with Crippen LogP contribution in [0.2, 0.25) is 0 Å². The van der Waals surface area contributed by atoms with Gasteiger partial charge in [-0.15, -0.1) is 11.3 Å². The summed E-state index contributed by atoms with van der Waals surface area (Å²) in [7, 11) is -2.65. The Kier molecular flexibility index (Phi) is 5.16. The molecule has 1 aliphatic heterocycles. The molecular formula is C21H26N4OS2. The van der Waals surface area contributed by atoms with Crippen molar-refractivity contribution in [1.82, 2.24) is 9.88 Å². The van der Waals surface area contributed by atoms with Crippen molar-refractivity contribution < 1.29 is 4.21 Å². The number of nitrogens with one attached hydrogen (secondary N) is 1. The first-order valence-electron chi connectivity index (χ1n) is 9.51. The predicted molar refractivity (Wildman–Crippen MR) is 118 cm³/mol. The van der Waals surface area contributed by atoms with Crippen molar-refractivity contribution in [3.8, 4) is 0 Å². The van der Waals surface area contributed by atoms with Crippen LogP contribution in [-0.4, -0.2) is 46.5 Å². The first-order chi connectivity index (χ1) is 13.3. The Morgan fingerprint density at radius 3 is 2.43 bits per heavy atom. The van der Waals surface area contributed by atoms with Gasteiger partial charge in [0.1, 0.15) is 0 Å². The Morgan fingerprint density at radius 1 is 1.11 bits per heavy atom. The number of piperazine rings is 1. The molecule has 1 aliphatic rings. The first kappa shape index (κ1) is 19.4. The van der Waals surface area contributed by atoms with Gasteiger partial charge >= 0.3 is 0 Å². The van der Waals surface area contributed by atoms with Gasteiger partial charge < -0.3 is 4.90 Å². The van der Waals surface area contributed by atoms with E-state index in [9.17, 15) is 4.21 Å². The molecular weight excluding hydrogens is 388 g/mol. The summed E-state index contributed by atoms with van der Waals surface area (Å²) < 4.78 is 20.8. The van der Waals surface area contributed by atoms with Crippen molar-refractivity contribution in [1.29, 1.82) is 4.78 Å². The second-order valence-electron chi connectivity index (χ2n) is 7.50. The SMILES string of the molecule is Cc1nc2cc(C(C)N3CCN(c4ccc(S(C)(=N)=O)cc4)CC3)ccc2s1. The molecule has 28 heavy (non-hydrogen) atoms. The zero-order valence-corrected chi connectivity index (χ0v) is 18.1. The summed E-state index contributed by atoms with van der Waals surface area (Å²) in [6.07, 6.45) is 1.46. The second-order valence-corrected chi connectivity index (χ2v) is 10.9. The molecule has 0 spiro atoms. The summed E-state index contributed by atoms with van der Waals surface area (Å²) in [6, 6.07) is 14.7. The summed E-state index contributed by atoms with van der Waals surface area (Å²) in [4.78, 5) is 10.1. The lowest BCUT2D eigenvalue weighted by atomic mass is 10.1. The molecule has 5 nitrogen and oxygen atoms in total. The largest absolute Gasteiger partial charge is 0.369 e. The quantitative estimate of drug-likeness (QED) is 0.682. The number of hydrogen-bond donors (Lipinski definition) is 1. The van der Waals surface area contributed by atoms with Gasteiger partial charge in [0.05, 0.1) is 25.0 Å². The summed E-state index contributed by atoms with van der Waals surface area (Å²) in [5, 5.41) is 1.11. The Bertz CT molecular complexity index is 1080. The van der Waals surface area contributed by atoms with E-state index in [-0.39, 0.29) is 0 Å². The van der Waals surface area contributed by atoms with Crippen molar-refractivity contribution in [2.45, 2.75) is 24.8 Å². The normalized spacial score (nSPS) is 18.9. The number of rotatable bonds is 4. The lowest BCUT2D eigenvalue weighted by Gasteiger charge is -2.39. The molecule has 2 heterocycles. The lowest BCUT2D eigenvalue weighted by molar-refractivity contribution is 0.198. The van der Waals surface area contributed by atoms with Crippen LogP contribution in [-0.2, 0) is 9.73 Å². The minimum Gasteiger partial charge on any atom is -0.369 e. The van der Waals surface area contributed by atoms with Crippen molar-refractivity contribution in [3.05, 3.63) is 53.0 Å². The van der Waals surface area contributed by atoms with Crippen molar-refractivity contribution in [3.63, 3.8) is 0 Å². The van der Waals surface area contributed by atoms with E-state index in [4.69, 9.17) is 4.78 Å². The minimum absolute atomic E-state index is 0.365. The Morgan fingerprint density at radius 2 is 1.79 bits per heavy atom. The van der Waals surface area contributed by atoms with Crippen LogP contribution in [0.4, 0.5) is 5.69 Å². The van der Waals surface area contributed by atoms with Gasteiger partial charge in [0.2, 0.25) is 0 Å². The molecule has 0 saturated carbocycles. The number of thiazole rings is 1. The van der Waals surface area contributed by atoms with Gasteiger partial charge in [-0.05, 0) is 55.8 Å². The van der Waals surface area contributed by atoms with Crippen molar-refractivity contribution in [2.75, 3.05) is 37.3 Å². The van der Waals surface area contributed by atoms with Gasteiger partial charge in [-0.3, -0.25) is 4.90 Å². The van der Waals surface area contributed by atoms with E-state index in [0.29, 0.717) is 10.9 Å². The standard InChI is InChI=1S/C21H26N4OS2/c1-15(17-4-9-21-20(14-17)23-16(2)27-21)24-10-12-25(13-11-24)18-5-7-19(8-6-18)28(3,22)26/h4-9,14-15,22H,10-13H2,1-3H3. The van der Waals surface area contributed by atoms with E-state index in [0.717, 1.165) is 42.4 Å². The topological polar surface area (TPSA) is 60.3 Å². The highest BCUT2D eigenvalue weighted by Crippen LogP contribution is 2.29. The zero-order valence-electron chi connectivity index (χ0n) is 16.5. The molecule has 1 fully saturated rings. The lowest BCUT2D eigenvalue weighted by Crippen LogP contribution is -2.47. The fourth-order valence-electron chi connectivity index (χ4n) is 3.81. The highest BCUT2D eigenvalue weighted by atomic mass is 32.2. The molecule has 2 aromatic carbocycles. The van der Waals surface area contributed by atoms with Crippen LogP contribution in [0.25, 0.3) is 10.2 Å². The molecule has 2 unspecified atom stereocenters. The number of anilines is 1. The molecule has 4 rings (SSSR count).